The number of amides is 1. The average Bonchev–Trinajstić information content (AvgIpc) is 2.45. The molecule has 0 spiro atoms. The second-order valence-electron chi connectivity index (χ2n) is 5.37. The van der Waals surface area contributed by atoms with E-state index in [2.05, 4.69) is 10.3 Å². The van der Waals surface area contributed by atoms with Crippen LogP contribution in [0.2, 0.25) is 0 Å². The van der Waals surface area contributed by atoms with Crippen LogP contribution in [0.3, 0.4) is 0 Å². The van der Waals surface area contributed by atoms with Gasteiger partial charge in [0, 0.05) is 17.6 Å². The summed E-state index contributed by atoms with van der Waals surface area (Å²) >= 11 is 0. The van der Waals surface area contributed by atoms with Crippen molar-refractivity contribution in [2.75, 3.05) is 6.54 Å². The number of carbonyl (C=O) groups is 2. The van der Waals surface area contributed by atoms with Crippen molar-refractivity contribution in [2.45, 2.75) is 33.3 Å². The number of hydrogen-bond donors (Lipinski definition) is 1. The highest BCUT2D eigenvalue weighted by Gasteiger charge is 2.12. The van der Waals surface area contributed by atoms with E-state index in [1.807, 2.05) is 31.2 Å². The van der Waals surface area contributed by atoms with Crippen molar-refractivity contribution in [2.24, 2.45) is 0 Å². The molecule has 0 fully saturated rings. The quantitative estimate of drug-likeness (QED) is 0.862. The molecular formula is C17H20N2O3. The van der Waals surface area contributed by atoms with Gasteiger partial charge in [-0.2, -0.15) is 0 Å². The molecule has 0 saturated carbocycles. The largest absolute Gasteiger partial charge is 0.463 e. The molecule has 1 aromatic carbocycles. The van der Waals surface area contributed by atoms with Crippen molar-refractivity contribution in [3.63, 3.8) is 0 Å². The van der Waals surface area contributed by atoms with Crippen LogP contribution in [0.1, 0.15) is 36.3 Å². The van der Waals surface area contributed by atoms with Gasteiger partial charge >= 0.3 is 5.97 Å². The van der Waals surface area contributed by atoms with Gasteiger partial charge < -0.3 is 10.1 Å². The Morgan fingerprint density at radius 3 is 2.73 bits per heavy atom. The maximum absolute atomic E-state index is 12.3. The van der Waals surface area contributed by atoms with E-state index in [9.17, 15) is 9.59 Å². The van der Waals surface area contributed by atoms with Crippen molar-refractivity contribution in [3.8, 4) is 0 Å². The van der Waals surface area contributed by atoms with Crippen LogP contribution < -0.4 is 5.32 Å². The fourth-order valence-corrected chi connectivity index (χ4v) is 2.19. The lowest BCUT2D eigenvalue weighted by Gasteiger charge is -2.10. The number of rotatable bonds is 5. The summed E-state index contributed by atoms with van der Waals surface area (Å²) in [6.45, 7) is 5.69. The number of fused-ring (bicyclic) bond motifs is 1. The summed E-state index contributed by atoms with van der Waals surface area (Å²) < 4.78 is 5.03. The summed E-state index contributed by atoms with van der Waals surface area (Å²) in [6, 6.07) is 9.25. The zero-order chi connectivity index (χ0) is 16.1. The molecule has 5 nitrogen and oxygen atoms in total. The van der Waals surface area contributed by atoms with Crippen LogP contribution in [0.25, 0.3) is 10.9 Å². The van der Waals surface area contributed by atoms with Crippen LogP contribution in [0.5, 0.6) is 0 Å². The van der Waals surface area contributed by atoms with E-state index in [1.54, 1.807) is 19.9 Å². The summed E-state index contributed by atoms with van der Waals surface area (Å²) in [7, 11) is 0. The Balaban J connectivity index is 2.06. The maximum atomic E-state index is 12.3. The lowest BCUT2D eigenvalue weighted by molar-refractivity contribution is -0.147. The molecule has 2 rings (SSSR count). The fourth-order valence-electron chi connectivity index (χ4n) is 2.19. The third-order valence-corrected chi connectivity index (χ3v) is 3.07. The average molecular weight is 300 g/mol. The molecule has 0 aliphatic rings. The zero-order valence-corrected chi connectivity index (χ0v) is 13.1. The van der Waals surface area contributed by atoms with Gasteiger partial charge in [0.15, 0.2) is 0 Å². The van der Waals surface area contributed by atoms with Gasteiger partial charge in [0.05, 0.1) is 23.6 Å². The lowest BCUT2D eigenvalue weighted by atomic mass is 10.1. The molecule has 1 heterocycles. The number of aryl methyl sites for hydroxylation is 1. The number of esters is 1. The molecule has 0 bridgehead atoms. The monoisotopic (exact) mass is 300 g/mol. The highest BCUT2D eigenvalue weighted by molar-refractivity contribution is 6.06. The molecule has 5 heteroatoms. The van der Waals surface area contributed by atoms with Gasteiger partial charge in [0.2, 0.25) is 0 Å². The Morgan fingerprint density at radius 1 is 1.27 bits per heavy atom. The number of pyridine rings is 1. The Kier molecular flexibility index (Phi) is 5.09. The van der Waals surface area contributed by atoms with Gasteiger partial charge in [-0.3, -0.25) is 14.6 Å². The van der Waals surface area contributed by atoms with Gasteiger partial charge in [-0.25, -0.2) is 0 Å². The Hall–Kier alpha value is -2.43. The summed E-state index contributed by atoms with van der Waals surface area (Å²) in [5.74, 6) is -0.523. The first-order valence-corrected chi connectivity index (χ1v) is 7.31. The van der Waals surface area contributed by atoms with Crippen LogP contribution in [0, 0.1) is 6.92 Å². The van der Waals surface area contributed by atoms with E-state index < -0.39 is 0 Å². The standard InChI is InChI=1S/C17H20N2O3/c1-11(2)22-16(20)8-9-18-17(21)14-10-12(3)19-15-7-5-4-6-13(14)15/h4-7,10-11H,8-9H2,1-3H3,(H,18,21). The van der Waals surface area contributed by atoms with Gasteiger partial charge in [-0.1, -0.05) is 18.2 Å². The zero-order valence-electron chi connectivity index (χ0n) is 13.1. The molecular weight excluding hydrogens is 280 g/mol. The maximum Gasteiger partial charge on any atom is 0.307 e. The first kappa shape index (κ1) is 15.9. The molecule has 0 aliphatic heterocycles. The number of hydrogen-bond acceptors (Lipinski definition) is 4. The minimum Gasteiger partial charge on any atom is -0.463 e. The van der Waals surface area contributed by atoms with Crippen LogP contribution in [-0.2, 0) is 9.53 Å². The molecule has 0 unspecified atom stereocenters. The smallest absolute Gasteiger partial charge is 0.307 e. The number of nitrogens with one attached hydrogen (secondary N) is 1. The fraction of sp³-hybridized carbons (Fsp3) is 0.353. The van der Waals surface area contributed by atoms with E-state index in [1.165, 1.54) is 0 Å². The van der Waals surface area contributed by atoms with Gasteiger partial charge in [-0.15, -0.1) is 0 Å². The Labute approximate surface area is 129 Å². The summed E-state index contributed by atoms with van der Waals surface area (Å²) in [5.41, 5.74) is 2.13. The molecule has 22 heavy (non-hydrogen) atoms. The molecule has 0 atom stereocenters. The highest BCUT2D eigenvalue weighted by atomic mass is 16.5. The molecule has 1 N–H and O–H groups in total. The highest BCUT2D eigenvalue weighted by Crippen LogP contribution is 2.18. The van der Waals surface area contributed by atoms with E-state index in [4.69, 9.17) is 4.74 Å². The number of para-hydroxylation sites is 1. The van der Waals surface area contributed by atoms with E-state index in [-0.39, 0.29) is 30.9 Å². The van der Waals surface area contributed by atoms with Crippen molar-refractivity contribution in [3.05, 3.63) is 41.6 Å². The van der Waals surface area contributed by atoms with E-state index in [0.717, 1.165) is 16.6 Å². The number of aromatic nitrogens is 1. The molecule has 0 saturated heterocycles. The molecule has 1 amide bonds. The van der Waals surface area contributed by atoms with Crippen LogP contribution >= 0.6 is 0 Å². The van der Waals surface area contributed by atoms with E-state index in [0.29, 0.717) is 5.56 Å². The Bertz CT molecular complexity index is 695. The predicted octanol–water partition coefficient (Wildman–Crippen LogP) is 2.61. The van der Waals surface area contributed by atoms with Gasteiger partial charge in [-0.05, 0) is 32.9 Å². The first-order valence-electron chi connectivity index (χ1n) is 7.31. The summed E-state index contributed by atoms with van der Waals surface area (Å²) in [4.78, 5) is 28.2. The normalized spacial score (nSPS) is 10.7. The summed E-state index contributed by atoms with van der Waals surface area (Å²) in [5, 5.41) is 3.56. The van der Waals surface area contributed by atoms with Crippen LogP contribution in [-0.4, -0.2) is 29.5 Å². The van der Waals surface area contributed by atoms with Gasteiger partial charge in [0.25, 0.3) is 5.91 Å². The topological polar surface area (TPSA) is 68.3 Å². The first-order chi connectivity index (χ1) is 10.5. The van der Waals surface area contributed by atoms with Gasteiger partial charge in [0.1, 0.15) is 0 Å². The second-order valence-corrected chi connectivity index (χ2v) is 5.37. The number of nitrogens with zero attached hydrogens (tertiary/aromatic N) is 1. The van der Waals surface area contributed by atoms with Crippen molar-refractivity contribution in [1.82, 2.24) is 10.3 Å². The molecule has 0 aliphatic carbocycles. The van der Waals surface area contributed by atoms with Crippen molar-refractivity contribution in [1.29, 1.82) is 0 Å². The number of benzene rings is 1. The lowest BCUT2D eigenvalue weighted by Crippen LogP contribution is -2.27. The second kappa shape index (κ2) is 7.02. The van der Waals surface area contributed by atoms with Crippen molar-refractivity contribution >= 4 is 22.8 Å². The number of ether oxygens (including phenoxy) is 1. The minimum atomic E-state index is -0.314. The third kappa shape index (κ3) is 4.04. The molecule has 116 valence electrons. The summed E-state index contributed by atoms with van der Waals surface area (Å²) in [6.07, 6.45) is 0.0151. The van der Waals surface area contributed by atoms with Crippen molar-refractivity contribution < 1.29 is 14.3 Å². The minimum absolute atomic E-state index is 0.144. The molecule has 0 radical (unpaired) electrons. The Morgan fingerprint density at radius 2 is 2.00 bits per heavy atom. The third-order valence-electron chi connectivity index (χ3n) is 3.07. The predicted molar refractivity (Wildman–Crippen MR) is 84.7 cm³/mol. The van der Waals surface area contributed by atoms with Crippen LogP contribution in [0.4, 0.5) is 0 Å². The SMILES string of the molecule is Cc1cc(C(=O)NCCC(=O)OC(C)C)c2ccccc2n1. The molecule has 1 aromatic heterocycles. The molecule has 2 aromatic rings. The van der Waals surface area contributed by atoms with E-state index >= 15 is 0 Å². The number of carbonyl (C=O) groups excluding carboxylic acids is 2. The van der Waals surface area contributed by atoms with Crippen LogP contribution in [0.15, 0.2) is 30.3 Å².